The van der Waals surface area contributed by atoms with Crippen LogP contribution in [-0.4, -0.2) is 36.2 Å². The highest BCUT2D eigenvalue weighted by Crippen LogP contribution is 2.37. The van der Waals surface area contributed by atoms with Crippen LogP contribution in [0, 0.1) is 5.92 Å². The summed E-state index contributed by atoms with van der Waals surface area (Å²) in [5.41, 5.74) is -0.497. The molecule has 3 amide bonds. The van der Waals surface area contributed by atoms with E-state index in [1.807, 2.05) is 0 Å². The molecule has 1 aliphatic carbocycles. The summed E-state index contributed by atoms with van der Waals surface area (Å²) in [6.45, 7) is 4.95. The number of carbonyl (C=O) groups excluding carboxylic acids is 2. The first kappa shape index (κ1) is 18.7. The fraction of sp³-hybridized carbons (Fsp3) is 0.857. The zero-order valence-corrected chi connectivity index (χ0v) is 13.1. The van der Waals surface area contributed by atoms with Crippen molar-refractivity contribution in [1.29, 1.82) is 0 Å². The summed E-state index contributed by atoms with van der Waals surface area (Å²) in [5, 5.41) is 7.27. The van der Waals surface area contributed by atoms with Crippen molar-refractivity contribution in [1.82, 2.24) is 16.0 Å². The molecule has 1 fully saturated rings. The first-order valence-corrected chi connectivity index (χ1v) is 7.41. The van der Waals surface area contributed by atoms with E-state index in [1.54, 1.807) is 20.8 Å². The van der Waals surface area contributed by atoms with Crippen molar-refractivity contribution in [2.24, 2.45) is 5.92 Å². The van der Waals surface area contributed by atoms with E-state index >= 15 is 0 Å². The minimum absolute atomic E-state index is 0.0767. The van der Waals surface area contributed by atoms with Crippen molar-refractivity contribution >= 4 is 11.9 Å². The Morgan fingerprint density at radius 3 is 2.23 bits per heavy atom. The van der Waals surface area contributed by atoms with Gasteiger partial charge in [-0.1, -0.05) is 12.8 Å². The monoisotopic (exact) mass is 323 g/mol. The Morgan fingerprint density at radius 2 is 1.68 bits per heavy atom. The molecule has 2 atom stereocenters. The van der Waals surface area contributed by atoms with Crippen LogP contribution in [-0.2, 0) is 4.79 Å². The van der Waals surface area contributed by atoms with Crippen molar-refractivity contribution in [2.45, 2.75) is 64.2 Å². The van der Waals surface area contributed by atoms with Crippen LogP contribution in [0.3, 0.4) is 0 Å². The summed E-state index contributed by atoms with van der Waals surface area (Å²) < 4.78 is 38.7. The lowest BCUT2D eigenvalue weighted by molar-refractivity contribution is -0.189. The Hall–Kier alpha value is -1.31. The molecule has 0 bridgehead atoms. The van der Waals surface area contributed by atoms with Gasteiger partial charge in [0.2, 0.25) is 5.91 Å². The average Bonchev–Trinajstić information content (AvgIpc) is 2.33. The highest BCUT2D eigenvalue weighted by Gasteiger charge is 2.45. The third-order valence-corrected chi connectivity index (χ3v) is 3.45. The van der Waals surface area contributed by atoms with Crippen molar-refractivity contribution in [3.63, 3.8) is 0 Å². The molecule has 128 valence electrons. The van der Waals surface area contributed by atoms with E-state index in [2.05, 4.69) is 16.0 Å². The molecule has 1 saturated carbocycles. The molecule has 0 radical (unpaired) electrons. The van der Waals surface area contributed by atoms with E-state index in [4.69, 9.17) is 0 Å². The summed E-state index contributed by atoms with van der Waals surface area (Å²) in [5.74, 6) is -2.08. The minimum Gasteiger partial charge on any atom is -0.333 e. The Labute approximate surface area is 128 Å². The number of alkyl halides is 3. The van der Waals surface area contributed by atoms with Gasteiger partial charge in [-0.05, 0) is 33.6 Å². The molecule has 8 heteroatoms. The lowest BCUT2D eigenvalue weighted by Crippen LogP contribution is -2.52. The number of amides is 3. The second-order valence-corrected chi connectivity index (χ2v) is 6.67. The third-order valence-electron chi connectivity index (χ3n) is 3.45. The van der Waals surface area contributed by atoms with Gasteiger partial charge in [0.1, 0.15) is 0 Å². The predicted molar refractivity (Wildman–Crippen MR) is 76.2 cm³/mol. The standard InChI is InChI=1S/C14H24F3N3O2/c1-13(2,3)20-12(22)19-11(21)8-18-10-7-5-4-6-9(10)14(15,16)17/h9-10,18H,4-8H2,1-3H3,(H2,19,20,21,22)/t9-,10+/m1/s1. The van der Waals surface area contributed by atoms with Gasteiger partial charge >= 0.3 is 12.2 Å². The number of carbonyl (C=O) groups is 2. The molecule has 0 aromatic rings. The molecule has 3 N–H and O–H groups in total. The van der Waals surface area contributed by atoms with Crippen LogP contribution < -0.4 is 16.0 Å². The SMILES string of the molecule is CC(C)(C)NC(=O)NC(=O)CN[C@H]1CCCC[C@H]1C(F)(F)F. The highest BCUT2D eigenvalue weighted by molar-refractivity contribution is 5.95. The molecule has 0 spiro atoms. The summed E-state index contributed by atoms with van der Waals surface area (Å²) in [7, 11) is 0. The van der Waals surface area contributed by atoms with E-state index in [0.717, 1.165) is 0 Å². The van der Waals surface area contributed by atoms with Gasteiger partial charge < -0.3 is 10.6 Å². The van der Waals surface area contributed by atoms with Crippen LogP contribution in [0.4, 0.5) is 18.0 Å². The quantitative estimate of drug-likeness (QED) is 0.746. The summed E-state index contributed by atoms with van der Waals surface area (Å²) in [6, 6.07) is -1.43. The molecule has 0 aromatic carbocycles. The molecule has 0 aromatic heterocycles. The van der Waals surface area contributed by atoms with Gasteiger partial charge in [-0.2, -0.15) is 13.2 Å². The van der Waals surface area contributed by atoms with E-state index in [1.165, 1.54) is 0 Å². The Kier molecular flexibility index (Phi) is 6.22. The molecular formula is C14H24F3N3O2. The maximum Gasteiger partial charge on any atom is 0.393 e. The predicted octanol–water partition coefficient (Wildman–Crippen LogP) is 2.32. The molecular weight excluding hydrogens is 299 g/mol. The number of urea groups is 1. The zero-order valence-electron chi connectivity index (χ0n) is 13.1. The van der Waals surface area contributed by atoms with E-state index in [0.29, 0.717) is 19.3 Å². The highest BCUT2D eigenvalue weighted by atomic mass is 19.4. The second kappa shape index (κ2) is 7.30. The largest absolute Gasteiger partial charge is 0.393 e. The second-order valence-electron chi connectivity index (χ2n) is 6.67. The Bertz CT molecular complexity index is 405. The lowest BCUT2D eigenvalue weighted by atomic mass is 9.84. The van der Waals surface area contributed by atoms with Crippen LogP contribution in [0.5, 0.6) is 0 Å². The maximum absolute atomic E-state index is 12.9. The van der Waals surface area contributed by atoms with Crippen molar-refractivity contribution < 1.29 is 22.8 Å². The zero-order chi connectivity index (χ0) is 17.0. The van der Waals surface area contributed by atoms with Gasteiger partial charge in [0.15, 0.2) is 0 Å². The van der Waals surface area contributed by atoms with Gasteiger partial charge in [-0.15, -0.1) is 0 Å². The van der Waals surface area contributed by atoms with Gasteiger partial charge in [0.05, 0.1) is 12.5 Å². The molecule has 0 heterocycles. The molecule has 1 aliphatic rings. The first-order chi connectivity index (χ1) is 9.99. The smallest absolute Gasteiger partial charge is 0.333 e. The minimum atomic E-state index is -4.27. The van der Waals surface area contributed by atoms with Crippen LogP contribution >= 0.6 is 0 Å². The number of rotatable bonds is 3. The van der Waals surface area contributed by atoms with Crippen LogP contribution in [0.1, 0.15) is 46.5 Å². The molecule has 0 aliphatic heterocycles. The average molecular weight is 323 g/mol. The van der Waals surface area contributed by atoms with Crippen LogP contribution in [0.25, 0.3) is 0 Å². The Balaban J connectivity index is 2.44. The number of hydrogen-bond acceptors (Lipinski definition) is 3. The number of halogens is 3. The number of hydrogen-bond donors (Lipinski definition) is 3. The fourth-order valence-corrected chi connectivity index (χ4v) is 2.53. The molecule has 1 rings (SSSR count). The van der Waals surface area contributed by atoms with Crippen molar-refractivity contribution in [2.75, 3.05) is 6.54 Å². The van der Waals surface area contributed by atoms with E-state index in [-0.39, 0.29) is 13.0 Å². The van der Waals surface area contributed by atoms with Gasteiger partial charge in [-0.25, -0.2) is 4.79 Å². The number of nitrogens with one attached hydrogen (secondary N) is 3. The van der Waals surface area contributed by atoms with E-state index < -0.39 is 35.6 Å². The summed E-state index contributed by atoms with van der Waals surface area (Å²) in [6.07, 6.45) is -2.56. The molecule has 0 unspecified atom stereocenters. The summed E-state index contributed by atoms with van der Waals surface area (Å²) >= 11 is 0. The van der Waals surface area contributed by atoms with Gasteiger partial charge in [-0.3, -0.25) is 10.1 Å². The topological polar surface area (TPSA) is 70.2 Å². The summed E-state index contributed by atoms with van der Waals surface area (Å²) in [4.78, 5) is 23.1. The van der Waals surface area contributed by atoms with Crippen molar-refractivity contribution in [3.8, 4) is 0 Å². The first-order valence-electron chi connectivity index (χ1n) is 7.41. The fourth-order valence-electron chi connectivity index (χ4n) is 2.53. The molecule has 22 heavy (non-hydrogen) atoms. The maximum atomic E-state index is 12.9. The van der Waals surface area contributed by atoms with Crippen molar-refractivity contribution in [3.05, 3.63) is 0 Å². The van der Waals surface area contributed by atoms with E-state index in [9.17, 15) is 22.8 Å². The van der Waals surface area contributed by atoms with Gasteiger partial charge in [0, 0.05) is 11.6 Å². The number of imide groups is 1. The van der Waals surface area contributed by atoms with Crippen LogP contribution in [0.15, 0.2) is 0 Å². The third kappa shape index (κ3) is 6.64. The van der Waals surface area contributed by atoms with Gasteiger partial charge in [0.25, 0.3) is 0 Å². The lowest BCUT2D eigenvalue weighted by Gasteiger charge is -2.33. The molecule has 0 saturated heterocycles. The normalized spacial score (nSPS) is 23.0. The van der Waals surface area contributed by atoms with Crippen LogP contribution in [0.2, 0.25) is 0 Å². The molecule has 5 nitrogen and oxygen atoms in total. The Morgan fingerprint density at radius 1 is 1.09 bits per heavy atom.